The molecule has 0 rings (SSSR count). The van der Waals surface area contributed by atoms with E-state index in [1.165, 1.54) is 64.2 Å². The van der Waals surface area contributed by atoms with Crippen LogP contribution in [-0.2, 0) is 19.1 Å². The molecule has 0 aromatic heterocycles. The van der Waals surface area contributed by atoms with Gasteiger partial charge in [-0.3, -0.25) is 9.59 Å². The average Bonchev–Trinajstić information content (AvgIpc) is 3.00. The number of nitrogens with zero attached hydrogens (tertiary/aromatic N) is 1. The highest BCUT2D eigenvalue weighted by molar-refractivity contribution is 5.70. The minimum Gasteiger partial charge on any atom is -0.462 e. The van der Waals surface area contributed by atoms with Gasteiger partial charge in [0.15, 0.2) is 0 Å². The van der Waals surface area contributed by atoms with Crippen LogP contribution in [0.15, 0.2) is 48.6 Å². The lowest BCUT2D eigenvalue weighted by molar-refractivity contribution is -0.159. The van der Waals surface area contributed by atoms with Crippen molar-refractivity contribution in [2.75, 3.05) is 27.2 Å². The van der Waals surface area contributed by atoms with E-state index in [-0.39, 0.29) is 24.6 Å². The Bertz CT molecular complexity index is 768. The smallest absolute Gasteiger partial charge is 0.306 e. The molecule has 0 saturated heterocycles. The third-order valence-corrected chi connectivity index (χ3v) is 7.42. The van der Waals surface area contributed by atoms with Crippen LogP contribution in [-0.4, -0.2) is 50.2 Å². The van der Waals surface area contributed by atoms with Gasteiger partial charge in [-0.2, -0.15) is 0 Å². The number of carbonyl (C=O) groups is 2. The van der Waals surface area contributed by atoms with Gasteiger partial charge in [-0.25, -0.2) is 0 Å². The zero-order chi connectivity index (χ0) is 32.4. The van der Waals surface area contributed by atoms with Crippen molar-refractivity contribution >= 4 is 11.9 Å². The highest BCUT2D eigenvalue weighted by Crippen LogP contribution is 2.11. The number of unbranched alkanes of at least 4 members (excludes halogenated alkanes) is 12. The molecule has 0 radical (unpaired) electrons. The third-order valence-electron chi connectivity index (χ3n) is 7.42. The Kier molecular flexibility index (Phi) is 32.1. The van der Waals surface area contributed by atoms with Crippen LogP contribution in [0.4, 0.5) is 0 Å². The quantitative estimate of drug-likeness (QED) is 0.0441. The van der Waals surface area contributed by atoms with Gasteiger partial charge in [0, 0.05) is 12.8 Å². The predicted molar refractivity (Wildman–Crippen MR) is 189 cm³/mol. The fraction of sp³-hybridized carbons (Fsp3) is 0.744. The van der Waals surface area contributed by atoms with Crippen molar-refractivity contribution in [3.8, 4) is 0 Å². The van der Waals surface area contributed by atoms with Crippen molar-refractivity contribution in [3.05, 3.63) is 48.6 Å². The molecule has 0 aromatic rings. The molecule has 5 nitrogen and oxygen atoms in total. The highest BCUT2D eigenvalue weighted by atomic mass is 16.6. The molecule has 44 heavy (non-hydrogen) atoms. The number of carbonyl (C=O) groups excluding carboxylic acids is 2. The Morgan fingerprint density at radius 1 is 0.545 bits per heavy atom. The van der Waals surface area contributed by atoms with Crippen molar-refractivity contribution in [1.82, 2.24) is 4.90 Å². The first kappa shape index (κ1) is 41.9. The zero-order valence-electron chi connectivity index (χ0n) is 29.2. The molecule has 0 aliphatic heterocycles. The fourth-order valence-electron chi connectivity index (χ4n) is 4.70. The summed E-state index contributed by atoms with van der Waals surface area (Å²) in [7, 11) is 4.06. The minimum atomic E-state index is -0.367. The van der Waals surface area contributed by atoms with Gasteiger partial charge in [-0.15, -0.1) is 0 Å². The van der Waals surface area contributed by atoms with Crippen molar-refractivity contribution in [1.29, 1.82) is 0 Å². The van der Waals surface area contributed by atoms with Crippen LogP contribution >= 0.6 is 0 Å². The van der Waals surface area contributed by atoms with E-state index in [9.17, 15) is 9.59 Å². The van der Waals surface area contributed by atoms with Gasteiger partial charge >= 0.3 is 11.9 Å². The summed E-state index contributed by atoms with van der Waals surface area (Å²) < 4.78 is 11.3. The SMILES string of the molecule is CCC/C=C\CCCC/C=C\CCCCC(=O)OC[C@H](CCCN(C)C)OC(=O)CCCC/C=C\CCCC/C=C\CCC. The number of rotatable bonds is 31. The van der Waals surface area contributed by atoms with Gasteiger partial charge < -0.3 is 14.4 Å². The molecule has 0 aliphatic carbocycles. The van der Waals surface area contributed by atoms with Crippen molar-refractivity contribution in [3.63, 3.8) is 0 Å². The first-order valence-corrected chi connectivity index (χ1v) is 18.1. The molecule has 254 valence electrons. The molecule has 0 aromatic carbocycles. The van der Waals surface area contributed by atoms with Crippen molar-refractivity contribution < 1.29 is 19.1 Å². The standard InChI is InChI=1S/C39H69NO4/c1-5-7-9-11-13-15-17-19-21-23-25-27-29-33-38(41)43-36-37(32-31-35-40(3)4)44-39(42)34-30-28-26-24-22-20-18-16-14-12-10-8-6-2/h9-12,21-24,37H,5-8,13-20,25-36H2,1-4H3/b11-9-,12-10-,23-21-,24-22-/t37-/m0/s1. The molecule has 0 fully saturated rings. The Morgan fingerprint density at radius 2 is 0.932 bits per heavy atom. The average molecular weight is 616 g/mol. The van der Waals surface area contributed by atoms with E-state index in [2.05, 4.69) is 67.4 Å². The number of hydrogen-bond acceptors (Lipinski definition) is 5. The van der Waals surface area contributed by atoms with Gasteiger partial charge in [0.2, 0.25) is 0 Å². The molecule has 0 N–H and O–H groups in total. The van der Waals surface area contributed by atoms with Crippen molar-refractivity contribution in [2.24, 2.45) is 0 Å². The summed E-state index contributed by atoms with van der Waals surface area (Å²) in [5.74, 6) is -0.380. The number of allylic oxidation sites excluding steroid dienone is 8. The third kappa shape index (κ3) is 32.8. The predicted octanol–water partition coefficient (Wildman–Crippen LogP) is 10.8. The van der Waals surface area contributed by atoms with Gasteiger partial charge in [0.25, 0.3) is 0 Å². The number of ether oxygens (including phenoxy) is 2. The van der Waals surface area contributed by atoms with E-state index in [0.29, 0.717) is 19.3 Å². The fourth-order valence-corrected chi connectivity index (χ4v) is 4.70. The molecular weight excluding hydrogens is 546 g/mol. The molecule has 0 aliphatic rings. The summed E-state index contributed by atoms with van der Waals surface area (Å²) in [6.45, 7) is 5.48. The van der Waals surface area contributed by atoms with Crippen LogP contribution < -0.4 is 0 Å². The van der Waals surface area contributed by atoms with Gasteiger partial charge in [-0.05, 0) is 136 Å². The monoisotopic (exact) mass is 616 g/mol. The first-order valence-electron chi connectivity index (χ1n) is 18.1. The lowest BCUT2D eigenvalue weighted by Gasteiger charge is -2.19. The van der Waals surface area contributed by atoms with E-state index < -0.39 is 0 Å². The summed E-state index contributed by atoms with van der Waals surface area (Å²) in [5, 5.41) is 0. The summed E-state index contributed by atoms with van der Waals surface area (Å²) in [5.41, 5.74) is 0. The largest absolute Gasteiger partial charge is 0.462 e. The molecule has 1 atom stereocenters. The Labute approximate surface area is 272 Å². The molecule has 0 amide bonds. The Hall–Kier alpha value is -2.14. The molecule has 0 spiro atoms. The molecule has 5 heteroatoms. The molecule has 0 saturated carbocycles. The highest BCUT2D eigenvalue weighted by Gasteiger charge is 2.17. The minimum absolute atomic E-state index is 0.155. The summed E-state index contributed by atoms with van der Waals surface area (Å²) in [6.07, 6.45) is 40.3. The number of hydrogen-bond donors (Lipinski definition) is 0. The topological polar surface area (TPSA) is 55.8 Å². The summed E-state index contributed by atoms with van der Waals surface area (Å²) in [4.78, 5) is 26.9. The Morgan fingerprint density at radius 3 is 1.34 bits per heavy atom. The molecule has 0 heterocycles. The number of esters is 2. The zero-order valence-corrected chi connectivity index (χ0v) is 29.2. The summed E-state index contributed by atoms with van der Waals surface area (Å²) in [6, 6.07) is 0. The summed E-state index contributed by atoms with van der Waals surface area (Å²) >= 11 is 0. The van der Waals surface area contributed by atoms with Crippen LogP contribution in [0.1, 0.15) is 155 Å². The second-order valence-electron chi connectivity index (χ2n) is 12.3. The van der Waals surface area contributed by atoms with Gasteiger partial charge in [0.1, 0.15) is 12.7 Å². The van der Waals surface area contributed by atoms with E-state index in [0.717, 1.165) is 64.3 Å². The van der Waals surface area contributed by atoms with Crippen LogP contribution in [0.25, 0.3) is 0 Å². The maximum Gasteiger partial charge on any atom is 0.306 e. The second-order valence-corrected chi connectivity index (χ2v) is 12.3. The molecule has 0 bridgehead atoms. The van der Waals surface area contributed by atoms with Gasteiger partial charge in [-0.1, -0.05) is 75.3 Å². The van der Waals surface area contributed by atoms with E-state index >= 15 is 0 Å². The van der Waals surface area contributed by atoms with E-state index in [1.807, 2.05) is 14.1 Å². The lowest BCUT2D eigenvalue weighted by Crippen LogP contribution is -2.26. The van der Waals surface area contributed by atoms with E-state index in [4.69, 9.17) is 9.47 Å². The van der Waals surface area contributed by atoms with Crippen molar-refractivity contribution in [2.45, 2.75) is 161 Å². The maximum atomic E-state index is 12.5. The lowest BCUT2D eigenvalue weighted by atomic mass is 10.1. The van der Waals surface area contributed by atoms with E-state index in [1.54, 1.807) is 0 Å². The molecular formula is C39H69NO4. The van der Waals surface area contributed by atoms with Crippen LogP contribution in [0.3, 0.4) is 0 Å². The van der Waals surface area contributed by atoms with Crippen LogP contribution in [0, 0.1) is 0 Å². The normalized spacial score (nSPS) is 12.8. The van der Waals surface area contributed by atoms with Crippen LogP contribution in [0.2, 0.25) is 0 Å². The maximum absolute atomic E-state index is 12.5. The second kappa shape index (κ2) is 33.7. The Balaban J connectivity index is 4.07. The first-order chi connectivity index (χ1) is 21.5. The van der Waals surface area contributed by atoms with Gasteiger partial charge in [0.05, 0.1) is 0 Å². The molecule has 0 unspecified atom stereocenters. The van der Waals surface area contributed by atoms with Crippen LogP contribution in [0.5, 0.6) is 0 Å².